The van der Waals surface area contributed by atoms with Crippen LogP contribution in [0.3, 0.4) is 0 Å². The van der Waals surface area contributed by atoms with E-state index in [1.807, 2.05) is 0 Å². The van der Waals surface area contributed by atoms with Gasteiger partial charge in [-0.05, 0) is 66.0 Å². The van der Waals surface area contributed by atoms with Crippen LogP contribution in [0.2, 0.25) is 0 Å². The first-order valence-electron chi connectivity index (χ1n) is 14.6. The van der Waals surface area contributed by atoms with Gasteiger partial charge in [-0.1, -0.05) is 5.75 Å². The summed E-state index contributed by atoms with van der Waals surface area (Å²) in [4.78, 5) is 7.84. The largest absolute Gasteiger partial charge is 1.00 e. The molecule has 0 saturated heterocycles. The molecule has 3 N–H and O–H groups in total. The van der Waals surface area contributed by atoms with Crippen molar-refractivity contribution >= 4 is 95.5 Å². The van der Waals surface area contributed by atoms with E-state index < -0.39 is 124 Å². The Bertz CT molecular complexity index is 2810. The summed E-state index contributed by atoms with van der Waals surface area (Å²) in [5.41, 5.74) is 2.92. The maximum Gasteiger partial charge on any atom is 1.00 e. The molecule has 0 aromatic heterocycles. The van der Waals surface area contributed by atoms with Crippen molar-refractivity contribution in [3.05, 3.63) is 60.7 Å². The van der Waals surface area contributed by atoms with Crippen molar-refractivity contribution in [2.45, 2.75) is 26.5 Å². The SMILES string of the molecule is CC(=O)OCCS(=O)(=O)c1ccc(N=Nc2c(S(=O)(=O)[O-])cc3cc(S(=O)(=O)[O-])c(N=Nc4ccc(S(=O)(=O)CCOS(=O)(=O)O)cc4)c(N)c3c2[O-])cc1.[Na+].[Na+].[Na+]. The minimum Gasteiger partial charge on any atom is -0.870 e. The number of nitrogens with zero attached hydrogens (tertiary/aromatic N) is 4. The van der Waals surface area contributed by atoms with E-state index >= 15 is 0 Å². The van der Waals surface area contributed by atoms with Gasteiger partial charge in [0.25, 0.3) is 0 Å². The summed E-state index contributed by atoms with van der Waals surface area (Å²) in [6, 6.07) is 9.50. The minimum absolute atomic E-state index is 0. The Labute approximate surface area is 397 Å². The van der Waals surface area contributed by atoms with Crippen LogP contribution in [0.4, 0.5) is 28.4 Å². The molecule has 30 heteroatoms. The number of sulfone groups is 2. The van der Waals surface area contributed by atoms with E-state index in [1.54, 1.807) is 0 Å². The molecule has 0 aliphatic heterocycles. The van der Waals surface area contributed by atoms with Crippen LogP contribution in [0, 0.1) is 0 Å². The molecular weight excluding hydrogens is 908 g/mol. The third-order valence-electron chi connectivity index (χ3n) is 7.00. The van der Waals surface area contributed by atoms with Crippen LogP contribution in [0.25, 0.3) is 10.8 Å². The second-order valence-corrected chi connectivity index (χ2v) is 18.8. The number of rotatable bonds is 15. The average Bonchev–Trinajstić information content (AvgIpc) is 3.05. The number of benzene rings is 4. The number of nitrogens with two attached hydrogens (primary N) is 1. The van der Waals surface area contributed by atoms with E-state index in [9.17, 15) is 61.1 Å². The van der Waals surface area contributed by atoms with Gasteiger partial charge in [0.15, 0.2) is 19.7 Å². The van der Waals surface area contributed by atoms with Crippen LogP contribution in [0.5, 0.6) is 5.75 Å². The number of carbonyl (C=O) groups excluding carboxylic acids is 1. The zero-order valence-electron chi connectivity index (χ0n) is 30.5. The Morgan fingerprint density at radius 1 is 0.672 bits per heavy atom. The van der Waals surface area contributed by atoms with Crippen molar-refractivity contribution in [1.29, 1.82) is 0 Å². The maximum atomic E-state index is 13.7. The van der Waals surface area contributed by atoms with E-state index in [0.29, 0.717) is 12.1 Å². The van der Waals surface area contributed by atoms with Crippen LogP contribution in [-0.4, -0.2) is 86.4 Å². The number of azo groups is 2. The topological polar surface area (TPSA) is 371 Å². The smallest absolute Gasteiger partial charge is 0.870 e. The summed E-state index contributed by atoms with van der Waals surface area (Å²) in [6.07, 6.45) is 0. The third-order valence-corrected chi connectivity index (χ3v) is 12.6. The maximum absolute atomic E-state index is 13.7. The molecule has 0 fully saturated rings. The van der Waals surface area contributed by atoms with Crippen molar-refractivity contribution in [2.75, 3.05) is 30.5 Å². The van der Waals surface area contributed by atoms with Gasteiger partial charge < -0.3 is 24.7 Å². The van der Waals surface area contributed by atoms with Gasteiger partial charge in [0.2, 0.25) is 0 Å². The van der Waals surface area contributed by atoms with Crippen LogP contribution < -0.4 is 99.5 Å². The minimum atomic E-state index is -5.55. The summed E-state index contributed by atoms with van der Waals surface area (Å²) in [7, 11) is -24.0. The van der Waals surface area contributed by atoms with E-state index in [1.165, 1.54) is 0 Å². The summed E-state index contributed by atoms with van der Waals surface area (Å²) in [5, 5.41) is 27.0. The number of carbonyl (C=O) groups is 1. The van der Waals surface area contributed by atoms with Crippen LogP contribution in [0.15, 0.2) is 101 Å². The molecule has 0 saturated carbocycles. The number of esters is 1. The first-order valence-corrected chi connectivity index (χ1v) is 22.0. The molecule has 58 heavy (non-hydrogen) atoms. The molecule has 4 aromatic carbocycles. The molecule has 0 atom stereocenters. The number of anilines is 1. The number of hydrogen-bond acceptors (Lipinski definition) is 21. The van der Waals surface area contributed by atoms with Gasteiger partial charge in [-0.2, -0.15) is 18.6 Å². The summed E-state index contributed by atoms with van der Waals surface area (Å²) in [6.45, 7) is -0.240. The van der Waals surface area contributed by atoms with Crippen LogP contribution in [0.1, 0.15) is 6.92 Å². The fourth-order valence-electron chi connectivity index (χ4n) is 4.51. The van der Waals surface area contributed by atoms with Crippen LogP contribution in [-0.2, 0) is 64.0 Å². The number of ether oxygens (including phenoxy) is 1. The van der Waals surface area contributed by atoms with Crippen molar-refractivity contribution in [3.8, 4) is 5.75 Å². The summed E-state index contributed by atoms with van der Waals surface area (Å²) < 4.78 is 162. The summed E-state index contributed by atoms with van der Waals surface area (Å²) in [5.74, 6) is -3.50. The van der Waals surface area contributed by atoms with Gasteiger partial charge in [-0.25, -0.2) is 37.9 Å². The van der Waals surface area contributed by atoms with Crippen LogP contribution >= 0.6 is 0 Å². The molecule has 0 bridgehead atoms. The first-order chi connectivity index (χ1) is 25.3. The zero-order chi connectivity index (χ0) is 41.1. The number of nitrogen functional groups attached to an aromatic ring is 1. The Kier molecular flexibility index (Phi) is 19.7. The fraction of sp³-hybridized carbons (Fsp3) is 0.179. The summed E-state index contributed by atoms with van der Waals surface area (Å²) >= 11 is 0. The van der Waals surface area contributed by atoms with Gasteiger partial charge in [0.05, 0.1) is 60.4 Å². The Morgan fingerprint density at radius 3 is 1.47 bits per heavy atom. The quantitative estimate of drug-likeness (QED) is 0.0368. The molecule has 0 radical (unpaired) electrons. The Morgan fingerprint density at radius 2 is 1.07 bits per heavy atom. The molecule has 0 unspecified atom stereocenters. The van der Waals surface area contributed by atoms with Crippen molar-refractivity contribution in [1.82, 2.24) is 0 Å². The standard InChI is InChI=1S/C28H27N5O17S5.3Na/c1-16(34)49-10-12-51(36,37)20-6-4-19(5-7-20)31-33-27-23(54(43,44)45)15-17-14-22(53(40,41)42)26(25(29)24(17)28(27)35)32-30-18-2-8-21(9-3-18)52(38,39)13-11-50-55(46,47)48;;;/h2-9,14-15,35H,10-13,29H2,1H3,(H,40,41,42)(H,43,44,45)(H,46,47,48);;;/q;3*+1/p-3. The van der Waals surface area contributed by atoms with Crippen molar-refractivity contribution in [3.63, 3.8) is 0 Å². The zero-order valence-corrected chi connectivity index (χ0v) is 40.6. The molecule has 0 aliphatic rings. The van der Waals surface area contributed by atoms with E-state index in [4.69, 9.17) is 10.3 Å². The fourth-order valence-corrected chi connectivity index (χ4v) is 8.39. The third kappa shape index (κ3) is 14.3. The molecule has 0 spiro atoms. The van der Waals surface area contributed by atoms with Gasteiger partial charge >= 0.3 is 105 Å². The molecule has 296 valence electrons. The second kappa shape index (κ2) is 21.2. The molecule has 22 nitrogen and oxygen atoms in total. The van der Waals surface area contributed by atoms with E-state index in [-0.39, 0.29) is 110 Å². The van der Waals surface area contributed by atoms with Gasteiger partial charge in [0.1, 0.15) is 32.5 Å². The van der Waals surface area contributed by atoms with Gasteiger partial charge in [-0.3, -0.25) is 9.35 Å². The molecular formula is C28H24N5Na3O17S5. The monoisotopic (exact) mass is 931 g/mol. The second-order valence-electron chi connectivity index (χ2n) is 10.8. The van der Waals surface area contributed by atoms with Gasteiger partial charge in [0, 0.05) is 12.3 Å². The van der Waals surface area contributed by atoms with Gasteiger partial charge in [-0.15, -0.1) is 10.2 Å². The van der Waals surface area contributed by atoms with Crippen molar-refractivity contribution < 1.29 is 163 Å². The molecule has 0 aliphatic carbocycles. The Balaban J connectivity index is 0.00000561. The van der Waals surface area contributed by atoms with E-state index in [2.05, 4.69) is 29.4 Å². The molecule has 0 amide bonds. The molecule has 4 aromatic rings. The van der Waals surface area contributed by atoms with E-state index in [0.717, 1.165) is 55.5 Å². The Hall–Kier alpha value is -2.00. The first kappa shape index (κ1) is 54.0. The number of hydrogen-bond donors (Lipinski definition) is 2. The average molecular weight is 932 g/mol. The van der Waals surface area contributed by atoms with Crippen molar-refractivity contribution in [2.24, 2.45) is 20.5 Å². The predicted molar refractivity (Wildman–Crippen MR) is 183 cm³/mol. The molecule has 4 rings (SSSR count). The predicted octanol–water partition coefficient (Wildman–Crippen LogP) is -6.92. The molecule has 0 heterocycles. The normalized spacial score (nSPS) is 12.5. The number of fused-ring (bicyclic) bond motifs is 1.